The van der Waals surface area contributed by atoms with Gasteiger partial charge < -0.3 is 9.84 Å². The van der Waals surface area contributed by atoms with Crippen LogP contribution in [0.15, 0.2) is 34.9 Å². The summed E-state index contributed by atoms with van der Waals surface area (Å²) in [6, 6.07) is 9.60. The Morgan fingerprint density at radius 2 is 2.15 bits per heavy atom. The van der Waals surface area contributed by atoms with Crippen LogP contribution < -0.4 is 5.32 Å². The molecule has 1 aromatic heterocycles. The molecule has 1 heterocycles. The second kappa shape index (κ2) is 7.10. The fraction of sp³-hybridized carbons (Fsp3) is 0.267. The summed E-state index contributed by atoms with van der Waals surface area (Å²) in [6.07, 6.45) is 6.67. The Balaban J connectivity index is 1.82. The average molecular weight is 269 g/mol. The van der Waals surface area contributed by atoms with Gasteiger partial charge in [-0.15, -0.1) is 6.42 Å². The van der Waals surface area contributed by atoms with Crippen molar-refractivity contribution in [1.29, 1.82) is 0 Å². The van der Waals surface area contributed by atoms with Gasteiger partial charge in [-0.2, -0.15) is 4.98 Å². The van der Waals surface area contributed by atoms with Gasteiger partial charge in [0.05, 0.1) is 6.54 Å². The Labute approximate surface area is 117 Å². The average Bonchev–Trinajstić information content (AvgIpc) is 2.95. The molecule has 0 aliphatic rings. The first kappa shape index (κ1) is 13.8. The van der Waals surface area contributed by atoms with Gasteiger partial charge in [0.25, 0.3) is 0 Å². The standard InChI is InChI=1S/C15H15N3O2/c1-2-11-16-13(19)9-6-10-14-17-15(18-20-14)12-7-4-3-5-8-12/h1,3-5,7-8H,6,9-11H2,(H,16,19). The lowest BCUT2D eigenvalue weighted by molar-refractivity contribution is -0.120. The smallest absolute Gasteiger partial charge is 0.226 e. The van der Waals surface area contributed by atoms with Gasteiger partial charge in [-0.05, 0) is 6.42 Å². The Morgan fingerprint density at radius 1 is 1.35 bits per heavy atom. The second-order valence-electron chi connectivity index (χ2n) is 4.21. The van der Waals surface area contributed by atoms with Crippen molar-refractivity contribution in [3.63, 3.8) is 0 Å². The van der Waals surface area contributed by atoms with Crippen LogP contribution in [0.2, 0.25) is 0 Å². The lowest BCUT2D eigenvalue weighted by Crippen LogP contribution is -2.23. The van der Waals surface area contributed by atoms with E-state index in [1.165, 1.54) is 0 Å². The van der Waals surface area contributed by atoms with Crippen molar-refractivity contribution >= 4 is 5.91 Å². The third-order valence-electron chi connectivity index (χ3n) is 2.68. The van der Waals surface area contributed by atoms with Crippen LogP contribution in [0.3, 0.4) is 0 Å². The van der Waals surface area contributed by atoms with Crippen LogP contribution in [0.4, 0.5) is 0 Å². The van der Waals surface area contributed by atoms with Crippen LogP contribution in [0.5, 0.6) is 0 Å². The number of nitrogens with zero attached hydrogens (tertiary/aromatic N) is 2. The number of hydrogen-bond donors (Lipinski definition) is 1. The van der Waals surface area contributed by atoms with Crippen LogP contribution >= 0.6 is 0 Å². The van der Waals surface area contributed by atoms with Gasteiger partial charge in [0.2, 0.25) is 17.6 Å². The molecule has 0 radical (unpaired) electrons. The van der Waals surface area contributed by atoms with E-state index in [0.717, 1.165) is 5.56 Å². The first-order chi connectivity index (χ1) is 9.79. The molecule has 0 spiro atoms. The number of benzene rings is 1. The number of aromatic nitrogens is 2. The van der Waals surface area contributed by atoms with Gasteiger partial charge in [-0.1, -0.05) is 41.4 Å². The molecule has 0 unspecified atom stereocenters. The summed E-state index contributed by atoms with van der Waals surface area (Å²) in [5.41, 5.74) is 0.911. The molecule has 1 N–H and O–H groups in total. The van der Waals surface area contributed by atoms with Crippen molar-refractivity contribution < 1.29 is 9.32 Å². The number of rotatable bonds is 6. The SMILES string of the molecule is C#CCNC(=O)CCCc1nc(-c2ccccc2)no1. The molecule has 2 rings (SSSR count). The molecule has 0 aliphatic carbocycles. The number of nitrogens with one attached hydrogen (secondary N) is 1. The first-order valence-electron chi connectivity index (χ1n) is 6.38. The minimum Gasteiger partial charge on any atom is -0.345 e. The summed E-state index contributed by atoms with van der Waals surface area (Å²) in [7, 11) is 0. The highest BCUT2D eigenvalue weighted by atomic mass is 16.5. The highest BCUT2D eigenvalue weighted by Crippen LogP contribution is 2.15. The van der Waals surface area contributed by atoms with Crippen molar-refractivity contribution in [2.24, 2.45) is 0 Å². The van der Waals surface area contributed by atoms with E-state index in [4.69, 9.17) is 10.9 Å². The zero-order valence-electron chi connectivity index (χ0n) is 11.0. The van der Waals surface area contributed by atoms with Gasteiger partial charge in [-0.25, -0.2) is 0 Å². The summed E-state index contributed by atoms with van der Waals surface area (Å²) in [6.45, 7) is 0.261. The van der Waals surface area contributed by atoms with Crippen molar-refractivity contribution in [2.45, 2.75) is 19.3 Å². The fourth-order valence-corrected chi connectivity index (χ4v) is 1.70. The van der Waals surface area contributed by atoms with E-state index in [0.29, 0.717) is 31.0 Å². The third kappa shape index (κ3) is 3.95. The normalized spacial score (nSPS) is 9.95. The Kier molecular flexibility index (Phi) is 4.90. The van der Waals surface area contributed by atoms with Gasteiger partial charge >= 0.3 is 0 Å². The molecule has 0 aliphatic heterocycles. The van der Waals surface area contributed by atoms with Crippen molar-refractivity contribution in [3.8, 4) is 23.7 Å². The minimum atomic E-state index is -0.0641. The van der Waals surface area contributed by atoms with Crippen molar-refractivity contribution in [1.82, 2.24) is 15.5 Å². The van der Waals surface area contributed by atoms with Crippen LogP contribution in [0.25, 0.3) is 11.4 Å². The Morgan fingerprint density at radius 3 is 2.90 bits per heavy atom. The van der Waals surface area contributed by atoms with E-state index < -0.39 is 0 Å². The molecule has 0 fully saturated rings. The first-order valence-corrected chi connectivity index (χ1v) is 6.38. The highest BCUT2D eigenvalue weighted by Gasteiger charge is 2.08. The summed E-state index contributed by atoms with van der Waals surface area (Å²) in [5.74, 6) is 3.39. The lowest BCUT2D eigenvalue weighted by Gasteiger charge is -1.99. The molecule has 0 saturated carbocycles. The number of hydrogen-bond acceptors (Lipinski definition) is 4. The maximum absolute atomic E-state index is 11.3. The number of aryl methyl sites for hydroxylation is 1. The number of amides is 1. The molecule has 102 valence electrons. The zero-order valence-corrected chi connectivity index (χ0v) is 11.0. The van der Waals surface area contributed by atoms with E-state index in [-0.39, 0.29) is 12.5 Å². The van der Waals surface area contributed by atoms with Crippen molar-refractivity contribution in [3.05, 3.63) is 36.2 Å². The second-order valence-corrected chi connectivity index (χ2v) is 4.21. The predicted molar refractivity (Wildman–Crippen MR) is 74.5 cm³/mol. The van der Waals surface area contributed by atoms with Crippen LogP contribution in [0, 0.1) is 12.3 Å². The lowest BCUT2D eigenvalue weighted by atomic mass is 10.2. The minimum absolute atomic E-state index is 0.0641. The maximum atomic E-state index is 11.3. The molecule has 1 amide bonds. The largest absolute Gasteiger partial charge is 0.345 e. The Bertz CT molecular complexity index is 599. The molecule has 20 heavy (non-hydrogen) atoms. The topological polar surface area (TPSA) is 68.0 Å². The monoisotopic (exact) mass is 269 g/mol. The summed E-state index contributed by atoms with van der Waals surface area (Å²) >= 11 is 0. The van der Waals surface area contributed by atoms with Gasteiger partial charge in [0.1, 0.15) is 0 Å². The number of carbonyl (C=O) groups excluding carboxylic acids is 1. The van der Waals surface area contributed by atoms with Crippen LogP contribution in [-0.4, -0.2) is 22.6 Å². The number of terminal acetylenes is 1. The maximum Gasteiger partial charge on any atom is 0.226 e. The molecule has 0 bridgehead atoms. The molecule has 0 atom stereocenters. The molecular weight excluding hydrogens is 254 g/mol. The summed E-state index contributed by atoms with van der Waals surface area (Å²) in [5, 5.41) is 6.53. The molecule has 5 nitrogen and oxygen atoms in total. The van der Waals surface area contributed by atoms with E-state index in [2.05, 4.69) is 21.4 Å². The van der Waals surface area contributed by atoms with Gasteiger partial charge in [-0.3, -0.25) is 4.79 Å². The number of carbonyl (C=O) groups is 1. The summed E-state index contributed by atoms with van der Waals surface area (Å²) in [4.78, 5) is 15.6. The van der Waals surface area contributed by atoms with Gasteiger partial charge in [0.15, 0.2) is 0 Å². The molecular formula is C15H15N3O2. The highest BCUT2D eigenvalue weighted by molar-refractivity contribution is 5.76. The molecule has 2 aromatic rings. The van der Waals surface area contributed by atoms with E-state index in [1.54, 1.807) is 0 Å². The fourth-order valence-electron chi connectivity index (χ4n) is 1.70. The van der Waals surface area contributed by atoms with Gasteiger partial charge in [0, 0.05) is 18.4 Å². The van der Waals surface area contributed by atoms with Crippen LogP contribution in [-0.2, 0) is 11.2 Å². The van der Waals surface area contributed by atoms with E-state index in [9.17, 15) is 4.79 Å². The molecule has 1 aromatic carbocycles. The zero-order chi connectivity index (χ0) is 14.2. The summed E-state index contributed by atoms with van der Waals surface area (Å²) < 4.78 is 5.16. The van der Waals surface area contributed by atoms with Crippen LogP contribution in [0.1, 0.15) is 18.7 Å². The van der Waals surface area contributed by atoms with E-state index >= 15 is 0 Å². The molecule has 0 saturated heterocycles. The predicted octanol–water partition coefficient (Wildman–Crippen LogP) is 1.81. The van der Waals surface area contributed by atoms with E-state index in [1.807, 2.05) is 30.3 Å². The Hall–Kier alpha value is -2.61. The third-order valence-corrected chi connectivity index (χ3v) is 2.68. The molecule has 5 heteroatoms. The van der Waals surface area contributed by atoms with Crippen molar-refractivity contribution in [2.75, 3.05) is 6.54 Å². The quantitative estimate of drug-likeness (QED) is 0.812.